The van der Waals surface area contributed by atoms with Crippen molar-refractivity contribution < 1.29 is 0 Å². The van der Waals surface area contributed by atoms with Crippen molar-refractivity contribution in [2.24, 2.45) is 11.1 Å². The number of rotatable bonds is 4. The van der Waals surface area contributed by atoms with E-state index < -0.39 is 0 Å². The average molecular weight is 237 g/mol. The second-order valence-electron chi connectivity index (χ2n) is 6.75. The van der Waals surface area contributed by atoms with E-state index in [1.165, 1.54) is 51.6 Å². The van der Waals surface area contributed by atoms with Crippen molar-refractivity contribution in [3.63, 3.8) is 0 Å². The minimum Gasteiger partial charge on any atom is -0.327 e. The Morgan fingerprint density at radius 3 is 2.76 bits per heavy atom. The molecule has 3 rings (SSSR count). The minimum absolute atomic E-state index is 0.354. The monoisotopic (exact) mass is 237 g/mol. The van der Waals surface area contributed by atoms with Crippen LogP contribution in [-0.2, 0) is 0 Å². The maximum absolute atomic E-state index is 6.23. The van der Waals surface area contributed by atoms with Crippen LogP contribution in [0.5, 0.6) is 0 Å². The topological polar surface area (TPSA) is 41.3 Å². The van der Waals surface area contributed by atoms with Crippen LogP contribution < -0.4 is 11.1 Å². The van der Waals surface area contributed by atoms with Crippen LogP contribution in [-0.4, -0.2) is 42.7 Å². The highest BCUT2D eigenvalue weighted by atomic mass is 15.2. The van der Waals surface area contributed by atoms with Crippen LogP contribution in [0.4, 0.5) is 0 Å². The summed E-state index contributed by atoms with van der Waals surface area (Å²) in [5.41, 5.74) is 6.59. The van der Waals surface area contributed by atoms with Gasteiger partial charge in [0.25, 0.3) is 0 Å². The zero-order chi connectivity index (χ0) is 11.9. The third-order valence-corrected chi connectivity index (χ3v) is 5.24. The third kappa shape index (κ3) is 2.51. The van der Waals surface area contributed by atoms with E-state index in [1.54, 1.807) is 0 Å². The molecular formula is C14H27N3. The van der Waals surface area contributed by atoms with Crippen molar-refractivity contribution in [2.45, 2.75) is 63.6 Å². The fourth-order valence-corrected chi connectivity index (χ4v) is 3.58. The maximum atomic E-state index is 6.23. The van der Waals surface area contributed by atoms with Crippen LogP contribution in [0.15, 0.2) is 0 Å². The van der Waals surface area contributed by atoms with Gasteiger partial charge in [-0.05, 0) is 37.5 Å². The highest BCUT2D eigenvalue weighted by Crippen LogP contribution is 2.36. The highest BCUT2D eigenvalue weighted by molar-refractivity contribution is 4.96. The first kappa shape index (κ1) is 11.9. The van der Waals surface area contributed by atoms with Gasteiger partial charge in [-0.2, -0.15) is 0 Å². The Balaban J connectivity index is 1.45. The van der Waals surface area contributed by atoms with Crippen molar-refractivity contribution in [1.82, 2.24) is 10.2 Å². The van der Waals surface area contributed by atoms with Crippen LogP contribution in [0.2, 0.25) is 0 Å². The summed E-state index contributed by atoms with van der Waals surface area (Å²) in [6.45, 7) is 6.07. The van der Waals surface area contributed by atoms with Gasteiger partial charge in [-0.15, -0.1) is 0 Å². The molecule has 0 aromatic heterocycles. The van der Waals surface area contributed by atoms with Gasteiger partial charge in [-0.25, -0.2) is 0 Å². The molecule has 3 fully saturated rings. The molecule has 1 heterocycles. The molecule has 2 saturated carbocycles. The van der Waals surface area contributed by atoms with E-state index in [-0.39, 0.29) is 0 Å². The Labute approximate surface area is 105 Å². The molecule has 1 aliphatic heterocycles. The largest absolute Gasteiger partial charge is 0.327 e. The summed E-state index contributed by atoms with van der Waals surface area (Å²) in [5.74, 6) is 0. The molecule has 0 amide bonds. The normalized spacial score (nSPS) is 43.4. The van der Waals surface area contributed by atoms with Gasteiger partial charge in [0.1, 0.15) is 0 Å². The van der Waals surface area contributed by atoms with Crippen LogP contribution >= 0.6 is 0 Å². The zero-order valence-corrected chi connectivity index (χ0v) is 11.1. The lowest BCUT2D eigenvalue weighted by Gasteiger charge is -2.31. The summed E-state index contributed by atoms with van der Waals surface area (Å²) in [6.07, 6.45) is 8.06. The predicted molar refractivity (Wildman–Crippen MR) is 70.9 cm³/mol. The third-order valence-electron chi connectivity index (χ3n) is 5.24. The molecule has 0 radical (unpaired) electrons. The molecule has 3 unspecified atom stereocenters. The van der Waals surface area contributed by atoms with Gasteiger partial charge in [0, 0.05) is 37.8 Å². The van der Waals surface area contributed by atoms with Gasteiger partial charge >= 0.3 is 0 Å². The van der Waals surface area contributed by atoms with Crippen molar-refractivity contribution in [2.75, 3.05) is 19.6 Å². The second-order valence-corrected chi connectivity index (χ2v) is 6.75. The van der Waals surface area contributed by atoms with Crippen molar-refractivity contribution in [1.29, 1.82) is 0 Å². The summed E-state index contributed by atoms with van der Waals surface area (Å²) >= 11 is 0. The van der Waals surface area contributed by atoms with Gasteiger partial charge in [-0.1, -0.05) is 13.3 Å². The van der Waals surface area contributed by atoms with E-state index >= 15 is 0 Å². The van der Waals surface area contributed by atoms with Crippen LogP contribution in [0.3, 0.4) is 0 Å². The molecule has 0 aromatic carbocycles. The number of hydrogen-bond acceptors (Lipinski definition) is 3. The number of hydrogen-bond donors (Lipinski definition) is 2. The fourth-order valence-electron chi connectivity index (χ4n) is 3.58. The lowest BCUT2D eigenvalue weighted by atomic mass is 9.85. The molecule has 3 aliphatic rings. The standard InChI is InChI=1S/C14H27N3/c1-14(7-2-3-13(14)15)10-16-11-6-8-17(9-11)12-4-5-12/h11-13,16H,2-10,15H2,1H3. The van der Waals surface area contributed by atoms with Crippen molar-refractivity contribution >= 4 is 0 Å². The summed E-state index contributed by atoms with van der Waals surface area (Å²) in [7, 11) is 0. The maximum Gasteiger partial charge on any atom is 0.0207 e. The molecule has 1 saturated heterocycles. The molecule has 0 spiro atoms. The van der Waals surface area contributed by atoms with E-state index in [0.29, 0.717) is 11.5 Å². The Morgan fingerprint density at radius 2 is 2.12 bits per heavy atom. The quantitative estimate of drug-likeness (QED) is 0.775. The SMILES string of the molecule is CC1(CNC2CCN(C3CC3)C2)CCCC1N. The van der Waals surface area contributed by atoms with Gasteiger partial charge in [-0.3, -0.25) is 4.90 Å². The van der Waals surface area contributed by atoms with Gasteiger partial charge in [0.2, 0.25) is 0 Å². The molecule has 17 heavy (non-hydrogen) atoms. The number of nitrogens with zero attached hydrogens (tertiary/aromatic N) is 1. The minimum atomic E-state index is 0.354. The summed E-state index contributed by atoms with van der Waals surface area (Å²) in [4.78, 5) is 2.68. The van der Waals surface area contributed by atoms with Crippen LogP contribution in [0.1, 0.15) is 45.4 Å². The Bertz CT molecular complexity index is 277. The Kier molecular flexibility index (Phi) is 3.18. The van der Waals surface area contributed by atoms with Crippen molar-refractivity contribution in [3.05, 3.63) is 0 Å². The molecule has 3 heteroatoms. The molecule has 3 nitrogen and oxygen atoms in total. The Hall–Kier alpha value is -0.120. The molecule has 2 aliphatic carbocycles. The number of nitrogens with one attached hydrogen (secondary N) is 1. The van der Waals surface area contributed by atoms with Gasteiger partial charge < -0.3 is 11.1 Å². The second kappa shape index (κ2) is 4.52. The van der Waals surface area contributed by atoms with Crippen LogP contribution in [0, 0.1) is 5.41 Å². The van der Waals surface area contributed by atoms with E-state index in [0.717, 1.165) is 18.6 Å². The van der Waals surface area contributed by atoms with Crippen molar-refractivity contribution in [3.8, 4) is 0 Å². The lowest BCUT2D eigenvalue weighted by Crippen LogP contribution is -2.46. The summed E-state index contributed by atoms with van der Waals surface area (Å²) in [5, 5.41) is 3.79. The first-order valence-corrected chi connectivity index (χ1v) is 7.40. The van der Waals surface area contributed by atoms with E-state index in [1.807, 2.05) is 0 Å². The summed E-state index contributed by atoms with van der Waals surface area (Å²) < 4.78 is 0. The molecule has 3 atom stereocenters. The predicted octanol–water partition coefficient (Wildman–Crippen LogP) is 1.33. The van der Waals surface area contributed by atoms with Gasteiger partial charge in [0.05, 0.1) is 0 Å². The van der Waals surface area contributed by atoms with Gasteiger partial charge in [0.15, 0.2) is 0 Å². The van der Waals surface area contributed by atoms with E-state index in [2.05, 4.69) is 17.1 Å². The Morgan fingerprint density at radius 1 is 1.29 bits per heavy atom. The molecule has 0 aromatic rings. The molecular weight excluding hydrogens is 210 g/mol. The number of nitrogens with two attached hydrogens (primary N) is 1. The molecule has 98 valence electrons. The first-order valence-electron chi connectivity index (χ1n) is 7.40. The van der Waals surface area contributed by atoms with E-state index in [9.17, 15) is 0 Å². The fraction of sp³-hybridized carbons (Fsp3) is 1.00. The molecule has 3 N–H and O–H groups in total. The smallest absolute Gasteiger partial charge is 0.0207 e. The summed E-state index contributed by atoms with van der Waals surface area (Å²) in [6, 6.07) is 2.07. The lowest BCUT2D eigenvalue weighted by molar-refractivity contribution is 0.258. The zero-order valence-electron chi connectivity index (χ0n) is 11.1. The molecule has 0 bridgehead atoms. The van der Waals surface area contributed by atoms with Crippen LogP contribution in [0.25, 0.3) is 0 Å². The first-order chi connectivity index (χ1) is 8.17. The average Bonchev–Trinajstić information content (AvgIpc) is 2.97. The van der Waals surface area contributed by atoms with E-state index in [4.69, 9.17) is 5.73 Å². The highest BCUT2D eigenvalue weighted by Gasteiger charge is 2.38. The number of likely N-dealkylation sites (tertiary alicyclic amines) is 1.